The molecule has 0 unspecified atom stereocenters. The molecule has 0 aliphatic rings. The van der Waals surface area contributed by atoms with Crippen LogP contribution < -0.4 is 5.56 Å². The van der Waals surface area contributed by atoms with Crippen molar-refractivity contribution in [2.75, 3.05) is 0 Å². The number of hydrogen-bond acceptors (Lipinski definition) is 3. The van der Waals surface area contributed by atoms with Crippen molar-refractivity contribution in [3.05, 3.63) is 94.0 Å². The van der Waals surface area contributed by atoms with Crippen molar-refractivity contribution in [2.24, 2.45) is 0 Å². The van der Waals surface area contributed by atoms with Gasteiger partial charge in [0.2, 0.25) is 0 Å². The van der Waals surface area contributed by atoms with E-state index >= 15 is 0 Å². The van der Waals surface area contributed by atoms with Crippen LogP contribution in [0.3, 0.4) is 0 Å². The monoisotopic (exact) mass is 402 g/mol. The van der Waals surface area contributed by atoms with Crippen LogP contribution in [0.25, 0.3) is 33.1 Å². The van der Waals surface area contributed by atoms with Crippen molar-refractivity contribution in [3.63, 3.8) is 0 Å². The Labute approximate surface area is 169 Å². The lowest BCUT2D eigenvalue weighted by Gasteiger charge is -2.12. The molecule has 0 aliphatic carbocycles. The Hall–Kier alpha value is -3.87. The van der Waals surface area contributed by atoms with Crippen LogP contribution in [0, 0.1) is 18.6 Å². The number of aromatic nitrogens is 4. The minimum Gasteiger partial charge on any atom is -0.301 e. The summed E-state index contributed by atoms with van der Waals surface area (Å²) in [5.74, 6) is -1.42. The highest BCUT2D eigenvalue weighted by Gasteiger charge is 2.15. The van der Waals surface area contributed by atoms with Crippen LogP contribution >= 0.6 is 0 Å². The molecule has 2 aromatic heterocycles. The molecule has 0 atom stereocenters. The van der Waals surface area contributed by atoms with Crippen molar-refractivity contribution in [3.8, 4) is 11.1 Å². The van der Waals surface area contributed by atoms with E-state index in [-0.39, 0.29) is 12.1 Å². The normalized spacial score (nSPS) is 11.4. The number of hydrogen-bond donors (Lipinski definition) is 1. The Morgan fingerprint density at radius 2 is 1.77 bits per heavy atom. The molecule has 2 heterocycles. The third-order valence-electron chi connectivity index (χ3n) is 5.30. The van der Waals surface area contributed by atoms with E-state index in [9.17, 15) is 13.6 Å². The standard InChI is InChI=1S/C23H16F2N4O/c1-13-16-7-6-14(10-21(16)28-27-13)15-8-18(24)17(19(25)9-15)12-29-22-5-3-2-4-20(22)26-11-23(29)30/h2-11H,12H2,1H3,(H,27,28). The number of fused-ring (bicyclic) bond motifs is 2. The first-order valence-corrected chi connectivity index (χ1v) is 9.39. The first-order chi connectivity index (χ1) is 14.5. The number of aryl methyl sites for hydroxylation is 1. The van der Waals surface area contributed by atoms with Gasteiger partial charge in [0, 0.05) is 10.9 Å². The fourth-order valence-electron chi connectivity index (χ4n) is 3.69. The molecule has 0 spiro atoms. The predicted molar refractivity (Wildman–Crippen MR) is 111 cm³/mol. The first kappa shape index (κ1) is 18.2. The quantitative estimate of drug-likeness (QED) is 0.481. The summed E-state index contributed by atoms with van der Waals surface area (Å²) < 4.78 is 31.2. The summed E-state index contributed by atoms with van der Waals surface area (Å²) >= 11 is 0. The molecule has 0 radical (unpaired) electrons. The summed E-state index contributed by atoms with van der Waals surface area (Å²) in [6, 6.07) is 15.1. The molecular formula is C23H16F2N4O. The molecule has 0 fully saturated rings. The van der Waals surface area contributed by atoms with Crippen LogP contribution in [-0.4, -0.2) is 19.7 Å². The van der Waals surface area contributed by atoms with Crippen molar-refractivity contribution in [1.29, 1.82) is 0 Å². The Bertz CT molecular complexity index is 1460. The van der Waals surface area contributed by atoms with Crippen LogP contribution in [0.15, 0.2) is 65.6 Å². The van der Waals surface area contributed by atoms with Crippen molar-refractivity contribution >= 4 is 21.9 Å². The zero-order valence-corrected chi connectivity index (χ0v) is 16.0. The molecule has 7 heteroatoms. The fourth-order valence-corrected chi connectivity index (χ4v) is 3.69. The second-order valence-electron chi connectivity index (χ2n) is 7.16. The van der Waals surface area contributed by atoms with Gasteiger partial charge < -0.3 is 4.57 Å². The average molecular weight is 402 g/mol. The number of rotatable bonds is 3. The fraction of sp³-hybridized carbons (Fsp3) is 0.0870. The highest BCUT2D eigenvalue weighted by molar-refractivity contribution is 5.86. The molecule has 5 aromatic rings. The average Bonchev–Trinajstić information content (AvgIpc) is 3.12. The number of nitrogens with zero attached hydrogens (tertiary/aromatic N) is 3. The lowest BCUT2D eigenvalue weighted by Crippen LogP contribution is -2.22. The summed E-state index contributed by atoms with van der Waals surface area (Å²) in [6.45, 7) is 1.66. The molecular weight excluding hydrogens is 386 g/mol. The van der Waals surface area contributed by atoms with E-state index in [0.29, 0.717) is 22.2 Å². The summed E-state index contributed by atoms with van der Waals surface area (Å²) in [7, 11) is 0. The number of halogens is 2. The van der Waals surface area contributed by atoms with Gasteiger partial charge in [-0.2, -0.15) is 5.10 Å². The Morgan fingerprint density at radius 1 is 1.00 bits per heavy atom. The van der Waals surface area contributed by atoms with Gasteiger partial charge in [0.15, 0.2) is 0 Å². The summed E-state index contributed by atoms with van der Waals surface area (Å²) in [5.41, 5.74) is 3.25. The minimum absolute atomic E-state index is 0.171. The Kier molecular flexibility index (Phi) is 4.17. The third-order valence-corrected chi connectivity index (χ3v) is 5.30. The molecule has 0 bridgehead atoms. The largest absolute Gasteiger partial charge is 0.301 e. The second-order valence-corrected chi connectivity index (χ2v) is 7.16. The topological polar surface area (TPSA) is 63.6 Å². The molecule has 0 amide bonds. The van der Waals surface area contributed by atoms with Crippen LogP contribution in [0.4, 0.5) is 8.78 Å². The lowest BCUT2D eigenvalue weighted by atomic mass is 10.0. The number of aromatic amines is 1. The maximum atomic E-state index is 14.9. The van der Waals surface area contributed by atoms with Crippen molar-refractivity contribution in [1.82, 2.24) is 19.7 Å². The first-order valence-electron chi connectivity index (χ1n) is 9.39. The van der Waals surface area contributed by atoms with Gasteiger partial charge in [-0.3, -0.25) is 9.89 Å². The zero-order valence-electron chi connectivity index (χ0n) is 16.0. The maximum absolute atomic E-state index is 14.9. The van der Waals surface area contributed by atoms with Crippen LogP contribution in [0.2, 0.25) is 0 Å². The number of nitrogens with one attached hydrogen (secondary N) is 1. The van der Waals surface area contributed by atoms with E-state index in [1.165, 1.54) is 16.7 Å². The van der Waals surface area contributed by atoms with E-state index < -0.39 is 17.2 Å². The molecule has 5 rings (SSSR count). The summed E-state index contributed by atoms with van der Waals surface area (Å²) in [4.78, 5) is 16.4. The van der Waals surface area contributed by atoms with Gasteiger partial charge in [-0.15, -0.1) is 0 Å². The zero-order chi connectivity index (χ0) is 20.8. The van der Waals surface area contributed by atoms with Crippen molar-refractivity contribution in [2.45, 2.75) is 13.5 Å². The molecule has 3 aromatic carbocycles. The predicted octanol–water partition coefficient (Wildman–Crippen LogP) is 4.57. The summed E-state index contributed by atoms with van der Waals surface area (Å²) in [5, 5.41) is 8.02. The minimum atomic E-state index is -0.710. The third kappa shape index (κ3) is 2.95. The van der Waals surface area contributed by atoms with Gasteiger partial charge in [0.25, 0.3) is 5.56 Å². The van der Waals surface area contributed by atoms with E-state index in [1.807, 2.05) is 19.1 Å². The second kappa shape index (κ2) is 6.88. The number of H-pyrrole nitrogens is 1. The van der Waals surface area contributed by atoms with E-state index in [0.717, 1.165) is 22.8 Å². The number of benzene rings is 3. The van der Waals surface area contributed by atoms with E-state index in [4.69, 9.17) is 0 Å². The molecule has 30 heavy (non-hydrogen) atoms. The molecule has 0 aliphatic heterocycles. The smallest absolute Gasteiger partial charge is 0.269 e. The van der Waals surface area contributed by atoms with Gasteiger partial charge in [0.1, 0.15) is 11.6 Å². The van der Waals surface area contributed by atoms with Gasteiger partial charge in [-0.25, -0.2) is 13.8 Å². The van der Waals surface area contributed by atoms with Gasteiger partial charge in [-0.1, -0.05) is 24.3 Å². The highest BCUT2D eigenvalue weighted by atomic mass is 19.1. The van der Waals surface area contributed by atoms with Crippen molar-refractivity contribution < 1.29 is 8.78 Å². The highest BCUT2D eigenvalue weighted by Crippen LogP contribution is 2.28. The maximum Gasteiger partial charge on any atom is 0.269 e. The van der Waals surface area contributed by atoms with E-state index in [2.05, 4.69) is 15.2 Å². The van der Waals surface area contributed by atoms with Gasteiger partial charge in [0.05, 0.1) is 35.0 Å². The van der Waals surface area contributed by atoms with Gasteiger partial charge >= 0.3 is 0 Å². The molecule has 1 N–H and O–H groups in total. The molecule has 148 valence electrons. The van der Waals surface area contributed by atoms with E-state index in [1.54, 1.807) is 30.3 Å². The van der Waals surface area contributed by atoms with Crippen LogP contribution in [0.5, 0.6) is 0 Å². The van der Waals surface area contributed by atoms with Crippen LogP contribution in [-0.2, 0) is 6.54 Å². The van der Waals surface area contributed by atoms with Crippen LogP contribution in [0.1, 0.15) is 11.3 Å². The SMILES string of the molecule is Cc1n[nH]c2cc(-c3cc(F)c(Cn4c(=O)cnc5ccccc54)c(F)c3)ccc12. The molecule has 0 saturated carbocycles. The summed E-state index contributed by atoms with van der Waals surface area (Å²) in [6.07, 6.45) is 1.16. The molecule has 5 nitrogen and oxygen atoms in total. The van der Waals surface area contributed by atoms with Gasteiger partial charge in [-0.05, 0) is 48.4 Å². The number of para-hydroxylation sites is 2. The Morgan fingerprint density at radius 3 is 2.57 bits per heavy atom. The lowest BCUT2D eigenvalue weighted by molar-refractivity contribution is 0.545. The molecule has 0 saturated heterocycles. The Balaban J connectivity index is 1.58.